The first-order valence-corrected chi connectivity index (χ1v) is 6.98. The Hall–Kier alpha value is -1.72. The normalized spacial score (nSPS) is 15.6. The van der Waals surface area contributed by atoms with Crippen LogP contribution in [0, 0.1) is 6.92 Å². The molecule has 1 fully saturated rings. The lowest BCUT2D eigenvalue weighted by molar-refractivity contribution is -0.130. The fourth-order valence-corrected chi connectivity index (χ4v) is 2.43. The number of nitrogen functional groups attached to an aromatic ring is 1. The molecule has 0 spiro atoms. The van der Waals surface area contributed by atoms with E-state index >= 15 is 0 Å². The minimum Gasteiger partial charge on any atom is -0.394 e. The first kappa shape index (κ1) is 13.7. The summed E-state index contributed by atoms with van der Waals surface area (Å²) < 4.78 is 1.80. The van der Waals surface area contributed by atoms with Crippen LogP contribution in [0.1, 0.15) is 31.9 Å². The largest absolute Gasteiger partial charge is 0.394 e. The molecule has 1 aromatic rings. The van der Waals surface area contributed by atoms with E-state index < -0.39 is 0 Å². The third-order valence-electron chi connectivity index (χ3n) is 3.59. The summed E-state index contributed by atoms with van der Waals surface area (Å²) in [4.78, 5) is 14.0. The number of aryl methyl sites for hydroxylation is 2. The molecule has 0 unspecified atom stereocenters. The SMILES string of the molecule is CCn1nc(C)c(N)c1NCC(=O)N1CCCCC1. The Kier molecular flexibility index (Phi) is 4.29. The second-order valence-electron chi connectivity index (χ2n) is 4.96. The van der Waals surface area contributed by atoms with Crippen molar-refractivity contribution in [1.29, 1.82) is 0 Å². The third kappa shape index (κ3) is 3.00. The molecule has 6 heteroatoms. The van der Waals surface area contributed by atoms with Gasteiger partial charge in [-0.15, -0.1) is 0 Å². The molecule has 0 aliphatic carbocycles. The monoisotopic (exact) mass is 265 g/mol. The van der Waals surface area contributed by atoms with Crippen molar-refractivity contribution in [2.75, 3.05) is 30.7 Å². The predicted molar refractivity (Wildman–Crippen MR) is 76.0 cm³/mol. The van der Waals surface area contributed by atoms with Crippen LogP contribution in [0.5, 0.6) is 0 Å². The van der Waals surface area contributed by atoms with Crippen molar-refractivity contribution in [2.24, 2.45) is 0 Å². The van der Waals surface area contributed by atoms with Gasteiger partial charge in [-0.2, -0.15) is 5.10 Å². The number of nitrogens with one attached hydrogen (secondary N) is 1. The van der Waals surface area contributed by atoms with Gasteiger partial charge in [0.15, 0.2) is 0 Å². The van der Waals surface area contributed by atoms with E-state index in [0.29, 0.717) is 5.69 Å². The van der Waals surface area contributed by atoms with E-state index in [1.54, 1.807) is 4.68 Å². The first-order valence-electron chi connectivity index (χ1n) is 6.98. The summed E-state index contributed by atoms with van der Waals surface area (Å²) in [6, 6.07) is 0. The zero-order valence-electron chi connectivity index (χ0n) is 11.8. The van der Waals surface area contributed by atoms with E-state index in [2.05, 4.69) is 10.4 Å². The Bertz CT molecular complexity index is 448. The topological polar surface area (TPSA) is 76.2 Å². The molecule has 0 radical (unpaired) electrons. The molecule has 0 atom stereocenters. The summed E-state index contributed by atoms with van der Waals surface area (Å²) in [5.74, 6) is 0.894. The van der Waals surface area contributed by atoms with E-state index in [-0.39, 0.29) is 12.5 Å². The highest BCUT2D eigenvalue weighted by molar-refractivity contribution is 5.82. The van der Waals surface area contributed by atoms with Crippen molar-refractivity contribution < 1.29 is 4.79 Å². The summed E-state index contributed by atoms with van der Waals surface area (Å²) in [6.07, 6.45) is 3.45. The second kappa shape index (κ2) is 5.95. The lowest BCUT2D eigenvalue weighted by Crippen LogP contribution is -2.39. The van der Waals surface area contributed by atoms with Gasteiger partial charge >= 0.3 is 0 Å². The number of nitrogens with two attached hydrogens (primary N) is 1. The Morgan fingerprint density at radius 1 is 1.37 bits per heavy atom. The molecule has 3 N–H and O–H groups in total. The number of amides is 1. The second-order valence-corrected chi connectivity index (χ2v) is 4.96. The fourth-order valence-electron chi connectivity index (χ4n) is 2.43. The van der Waals surface area contributed by atoms with Gasteiger partial charge in [0.1, 0.15) is 5.82 Å². The summed E-state index contributed by atoms with van der Waals surface area (Å²) >= 11 is 0. The smallest absolute Gasteiger partial charge is 0.241 e. The van der Waals surface area contributed by atoms with Crippen LogP contribution in [0.4, 0.5) is 11.5 Å². The van der Waals surface area contributed by atoms with Crippen molar-refractivity contribution in [3.05, 3.63) is 5.69 Å². The summed E-state index contributed by atoms with van der Waals surface area (Å²) in [5.41, 5.74) is 7.41. The van der Waals surface area contributed by atoms with Gasteiger partial charge in [-0.3, -0.25) is 4.79 Å². The zero-order chi connectivity index (χ0) is 13.8. The van der Waals surface area contributed by atoms with E-state index in [1.807, 2.05) is 18.7 Å². The lowest BCUT2D eigenvalue weighted by Gasteiger charge is -2.27. The van der Waals surface area contributed by atoms with Gasteiger partial charge in [-0.1, -0.05) is 0 Å². The molecule has 0 aromatic carbocycles. The van der Waals surface area contributed by atoms with Crippen LogP contribution in [-0.2, 0) is 11.3 Å². The predicted octanol–water partition coefficient (Wildman–Crippen LogP) is 1.22. The van der Waals surface area contributed by atoms with Crippen LogP contribution < -0.4 is 11.1 Å². The van der Waals surface area contributed by atoms with Gasteiger partial charge in [0.2, 0.25) is 5.91 Å². The Morgan fingerprint density at radius 3 is 2.68 bits per heavy atom. The van der Waals surface area contributed by atoms with Crippen LogP contribution in [-0.4, -0.2) is 40.2 Å². The highest BCUT2D eigenvalue weighted by Gasteiger charge is 2.18. The molecule has 106 valence electrons. The van der Waals surface area contributed by atoms with Crippen molar-refractivity contribution in [3.63, 3.8) is 0 Å². The number of piperidine rings is 1. The van der Waals surface area contributed by atoms with Crippen LogP contribution in [0.2, 0.25) is 0 Å². The van der Waals surface area contributed by atoms with E-state index in [1.165, 1.54) is 6.42 Å². The summed E-state index contributed by atoms with van der Waals surface area (Å²) in [7, 11) is 0. The number of nitrogens with zero attached hydrogens (tertiary/aromatic N) is 3. The van der Waals surface area contributed by atoms with Crippen molar-refractivity contribution in [3.8, 4) is 0 Å². The Morgan fingerprint density at radius 2 is 2.05 bits per heavy atom. The number of carbonyl (C=O) groups is 1. The first-order chi connectivity index (χ1) is 9.13. The number of rotatable bonds is 4. The molecule has 1 saturated heterocycles. The molecule has 0 bridgehead atoms. The van der Waals surface area contributed by atoms with Gasteiger partial charge in [-0.25, -0.2) is 4.68 Å². The molecule has 0 saturated carbocycles. The number of hydrogen-bond donors (Lipinski definition) is 2. The van der Waals surface area contributed by atoms with Crippen LogP contribution in [0.15, 0.2) is 0 Å². The number of carbonyl (C=O) groups excluding carboxylic acids is 1. The Labute approximate surface area is 113 Å². The molecule has 1 aliphatic heterocycles. The molecule has 6 nitrogen and oxygen atoms in total. The quantitative estimate of drug-likeness (QED) is 0.858. The van der Waals surface area contributed by atoms with Crippen molar-refractivity contribution in [2.45, 2.75) is 39.7 Å². The van der Waals surface area contributed by atoms with Crippen LogP contribution in [0.25, 0.3) is 0 Å². The standard InChI is InChI=1S/C13H23N5O/c1-3-18-13(12(14)10(2)16-18)15-9-11(19)17-7-5-4-6-8-17/h15H,3-9,14H2,1-2H3. The maximum atomic E-state index is 12.1. The molecular weight excluding hydrogens is 242 g/mol. The fraction of sp³-hybridized carbons (Fsp3) is 0.692. The average molecular weight is 265 g/mol. The molecular formula is C13H23N5O. The van der Waals surface area contributed by atoms with Gasteiger partial charge in [0.25, 0.3) is 0 Å². The molecule has 2 heterocycles. The maximum absolute atomic E-state index is 12.1. The van der Waals surface area contributed by atoms with Crippen LogP contribution in [0.3, 0.4) is 0 Å². The number of aromatic nitrogens is 2. The maximum Gasteiger partial charge on any atom is 0.241 e. The zero-order valence-corrected chi connectivity index (χ0v) is 11.8. The van der Waals surface area contributed by atoms with E-state index in [0.717, 1.165) is 44.0 Å². The number of hydrogen-bond acceptors (Lipinski definition) is 4. The molecule has 2 rings (SSSR count). The number of likely N-dealkylation sites (tertiary alicyclic amines) is 1. The minimum atomic E-state index is 0.139. The summed E-state index contributed by atoms with van der Waals surface area (Å²) in [5, 5.41) is 7.46. The average Bonchev–Trinajstić information content (AvgIpc) is 2.72. The van der Waals surface area contributed by atoms with Crippen LogP contribution >= 0.6 is 0 Å². The van der Waals surface area contributed by atoms with Gasteiger partial charge < -0.3 is 16.0 Å². The third-order valence-corrected chi connectivity index (χ3v) is 3.59. The van der Waals surface area contributed by atoms with E-state index in [9.17, 15) is 4.79 Å². The highest BCUT2D eigenvalue weighted by atomic mass is 16.2. The number of anilines is 2. The van der Waals surface area contributed by atoms with Crippen molar-refractivity contribution in [1.82, 2.24) is 14.7 Å². The molecule has 1 aromatic heterocycles. The lowest BCUT2D eigenvalue weighted by atomic mass is 10.1. The molecule has 1 amide bonds. The van der Waals surface area contributed by atoms with Crippen molar-refractivity contribution >= 4 is 17.4 Å². The Balaban J connectivity index is 1.96. The molecule has 1 aliphatic rings. The van der Waals surface area contributed by atoms with Gasteiger partial charge in [0.05, 0.1) is 17.9 Å². The minimum absolute atomic E-state index is 0.139. The summed E-state index contributed by atoms with van der Waals surface area (Å²) in [6.45, 7) is 6.65. The highest BCUT2D eigenvalue weighted by Crippen LogP contribution is 2.21. The van der Waals surface area contributed by atoms with Gasteiger partial charge in [0, 0.05) is 19.6 Å². The van der Waals surface area contributed by atoms with Gasteiger partial charge in [-0.05, 0) is 33.1 Å². The molecule has 19 heavy (non-hydrogen) atoms. The van der Waals surface area contributed by atoms with E-state index in [4.69, 9.17) is 5.73 Å².